The highest BCUT2D eigenvalue weighted by Crippen LogP contribution is 2.33. The van der Waals surface area contributed by atoms with Crippen LogP contribution in [0.1, 0.15) is 71.8 Å². The van der Waals surface area contributed by atoms with Crippen LogP contribution in [0.2, 0.25) is 0 Å². The van der Waals surface area contributed by atoms with E-state index in [9.17, 15) is 9.59 Å². The van der Waals surface area contributed by atoms with Gasteiger partial charge in [0.2, 0.25) is 5.91 Å². The second-order valence-electron chi connectivity index (χ2n) is 9.57. The molecular weight excluding hydrogens is 378 g/mol. The number of hydrogen-bond acceptors (Lipinski definition) is 4. The monoisotopic (exact) mass is 417 g/mol. The first-order valence-corrected chi connectivity index (χ1v) is 11.2. The van der Waals surface area contributed by atoms with Crippen molar-refractivity contribution in [2.24, 2.45) is 11.8 Å². The maximum Gasteiger partial charge on any atom is 0.303 e. The van der Waals surface area contributed by atoms with Gasteiger partial charge in [-0.3, -0.25) is 9.59 Å². The number of carbonyl (C=O) groups is 2. The molecule has 2 rings (SSSR count). The van der Waals surface area contributed by atoms with E-state index < -0.39 is 5.97 Å². The van der Waals surface area contributed by atoms with Gasteiger partial charge in [-0.25, -0.2) is 0 Å². The molecule has 1 heterocycles. The van der Waals surface area contributed by atoms with Gasteiger partial charge in [0.1, 0.15) is 0 Å². The van der Waals surface area contributed by atoms with Gasteiger partial charge < -0.3 is 20.6 Å². The maximum atomic E-state index is 12.4. The van der Waals surface area contributed by atoms with Crippen LogP contribution in [0.25, 0.3) is 0 Å². The molecule has 0 saturated carbocycles. The van der Waals surface area contributed by atoms with Crippen LogP contribution < -0.4 is 10.6 Å². The van der Waals surface area contributed by atoms with E-state index >= 15 is 0 Å². The number of anilines is 2. The van der Waals surface area contributed by atoms with Crippen molar-refractivity contribution in [3.8, 4) is 0 Å². The summed E-state index contributed by atoms with van der Waals surface area (Å²) < 4.78 is 0. The van der Waals surface area contributed by atoms with Crippen molar-refractivity contribution in [3.05, 3.63) is 23.8 Å². The molecule has 1 saturated heterocycles. The van der Waals surface area contributed by atoms with E-state index in [1.54, 1.807) is 0 Å². The van der Waals surface area contributed by atoms with E-state index in [-0.39, 0.29) is 18.2 Å². The summed E-state index contributed by atoms with van der Waals surface area (Å²) in [6.07, 6.45) is 2.58. The Labute approximate surface area is 181 Å². The standard InChI is InChI=1S/C24H39N3O3/c1-16(2)12-23(28)26-10-8-20(9-11-26)27(15-17(3)4)22-7-6-19(14-21(22)25)18(5)13-24(29)30/h6-7,14,16-18,20H,8-13,15,25H2,1-5H3,(H,29,30). The summed E-state index contributed by atoms with van der Waals surface area (Å²) in [6.45, 7) is 13.0. The summed E-state index contributed by atoms with van der Waals surface area (Å²) >= 11 is 0. The Hall–Kier alpha value is -2.24. The molecule has 1 unspecified atom stereocenters. The van der Waals surface area contributed by atoms with Gasteiger partial charge in [0.15, 0.2) is 0 Å². The Bertz CT molecular complexity index is 724. The molecule has 1 atom stereocenters. The lowest BCUT2D eigenvalue weighted by Gasteiger charge is -2.41. The summed E-state index contributed by atoms with van der Waals surface area (Å²) in [4.78, 5) is 27.9. The maximum absolute atomic E-state index is 12.4. The van der Waals surface area contributed by atoms with Crippen LogP contribution in [0.5, 0.6) is 0 Å². The first-order chi connectivity index (χ1) is 14.1. The Morgan fingerprint density at radius 1 is 1.10 bits per heavy atom. The van der Waals surface area contributed by atoms with Gasteiger partial charge in [-0.05, 0) is 48.3 Å². The molecule has 168 valence electrons. The molecule has 30 heavy (non-hydrogen) atoms. The Balaban J connectivity index is 2.15. The van der Waals surface area contributed by atoms with E-state index in [1.165, 1.54) is 0 Å². The number of likely N-dealkylation sites (tertiary alicyclic amines) is 1. The normalized spacial score (nSPS) is 16.2. The molecule has 1 aromatic carbocycles. The molecule has 0 radical (unpaired) electrons. The van der Waals surface area contributed by atoms with E-state index in [1.807, 2.05) is 30.0 Å². The third kappa shape index (κ3) is 6.64. The van der Waals surface area contributed by atoms with Crippen LogP contribution in [0.15, 0.2) is 18.2 Å². The number of amides is 1. The van der Waals surface area contributed by atoms with Crippen molar-refractivity contribution in [2.75, 3.05) is 30.3 Å². The fourth-order valence-corrected chi connectivity index (χ4v) is 4.26. The van der Waals surface area contributed by atoms with Gasteiger partial charge in [-0.15, -0.1) is 0 Å². The summed E-state index contributed by atoms with van der Waals surface area (Å²) in [5, 5.41) is 9.07. The lowest BCUT2D eigenvalue weighted by atomic mass is 9.95. The average Bonchev–Trinajstić information content (AvgIpc) is 2.65. The molecule has 1 aliphatic heterocycles. The summed E-state index contributed by atoms with van der Waals surface area (Å²) in [5.41, 5.74) is 9.12. The quantitative estimate of drug-likeness (QED) is 0.584. The predicted octanol–water partition coefficient (Wildman–Crippen LogP) is 4.35. The van der Waals surface area contributed by atoms with Crippen LogP contribution in [-0.2, 0) is 9.59 Å². The number of carbonyl (C=O) groups excluding carboxylic acids is 1. The van der Waals surface area contributed by atoms with Gasteiger partial charge in [0.05, 0.1) is 17.8 Å². The van der Waals surface area contributed by atoms with Gasteiger partial charge in [-0.1, -0.05) is 40.7 Å². The SMILES string of the molecule is CC(C)CC(=O)N1CCC(N(CC(C)C)c2ccc(C(C)CC(=O)O)cc2N)CC1. The number of aliphatic carboxylic acids is 1. The third-order valence-electron chi connectivity index (χ3n) is 5.81. The minimum Gasteiger partial charge on any atom is -0.481 e. The fraction of sp³-hybridized carbons (Fsp3) is 0.667. The molecule has 0 spiro atoms. The van der Waals surface area contributed by atoms with Crippen LogP contribution in [0.4, 0.5) is 11.4 Å². The number of hydrogen-bond donors (Lipinski definition) is 2. The molecule has 3 N–H and O–H groups in total. The minimum atomic E-state index is -0.801. The number of nitrogens with two attached hydrogens (primary N) is 1. The molecule has 0 aliphatic carbocycles. The third-order valence-corrected chi connectivity index (χ3v) is 5.81. The second-order valence-corrected chi connectivity index (χ2v) is 9.57. The van der Waals surface area contributed by atoms with Gasteiger partial charge in [-0.2, -0.15) is 0 Å². The number of carboxylic acids is 1. The highest BCUT2D eigenvalue weighted by atomic mass is 16.4. The summed E-state index contributed by atoms with van der Waals surface area (Å²) in [5.74, 6) is 0.248. The largest absolute Gasteiger partial charge is 0.481 e. The van der Waals surface area contributed by atoms with Crippen molar-refractivity contribution in [3.63, 3.8) is 0 Å². The number of piperidine rings is 1. The van der Waals surface area contributed by atoms with Gasteiger partial charge in [0.25, 0.3) is 0 Å². The van der Waals surface area contributed by atoms with Crippen molar-refractivity contribution in [1.82, 2.24) is 4.90 Å². The van der Waals surface area contributed by atoms with Gasteiger partial charge in [0, 0.05) is 32.1 Å². The molecular formula is C24H39N3O3. The number of nitrogens with zero attached hydrogens (tertiary/aromatic N) is 2. The number of benzene rings is 1. The molecule has 0 aromatic heterocycles. The zero-order chi connectivity index (χ0) is 22.4. The summed E-state index contributed by atoms with van der Waals surface area (Å²) in [7, 11) is 0. The molecule has 6 heteroatoms. The number of nitrogen functional groups attached to an aromatic ring is 1. The average molecular weight is 418 g/mol. The zero-order valence-corrected chi connectivity index (χ0v) is 19.2. The van der Waals surface area contributed by atoms with Crippen molar-refractivity contribution in [2.45, 2.75) is 72.3 Å². The Morgan fingerprint density at radius 2 is 1.73 bits per heavy atom. The van der Waals surface area contributed by atoms with Crippen LogP contribution >= 0.6 is 0 Å². The number of carboxylic acid groups (broad SMARTS) is 1. The summed E-state index contributed by atoms with van der Waals surface area (Å²) in [6, 6.07) is 6.33. The van der Waals surface area contributed by atoms with Crippen LogP contribution in [-0.4, -0.2) is 47.6 Å². The molecule has 1 fully saturated rings. The second kappa shape index (κ2) is 10.7. The Kier molecular flexibility index (Phi) is 8.56. The molecule has 1 aromatic rings. The minimum absolute atomic E-state index is 0.0763. The van der Waals surface area contributed by atoms with Crippen LogP contribution in [0.3, 0.4) is 0 Å². The highest BCUT2D eigenvalue weighted by Gasteiger charge is 2.28. The smallest absolute Gasteiger partial charge is 0.303 e. The molecule has 0 bridgehead atoms. The van der Waals surface area contributed by atoms with Gasteiger partial charge >= 0.3 is 5.97 Å². The van der Waals surface area contributed by atoms with Crippen molar-refractivity contribution in [1.29, 1.82) is 0 Å². The van der Waals surface area contributed by atoms with Crippen LogP contribution in [0, 0.1) is 11.8 Å². The lowest BCUT2D eigenvalue weighted by Crippen LogP contribution is -2.48. The van der Waals surface area contributed by atoms with Crippen molar-refractivity contribution < 1.29 is 14.7 Å². The lowest BCUT2D eigenvalue weighted by molar-refractivity contribution is -0.137. The van der Waals surface area contributed by atoms with E-state index in [2.05, 4.69) is 32.6 Å². The van der Waals surface area contributed by atoms with E-state index in [4.69, 9.17) is 10.8 Å². The zero-order valence-electron chi connectivity index (χ0n) is 19.2. The molecule has 1 amide bonds. The molecule has 6 nitrogen and oxygen atoms in total. The van der Waals surface area contributed by atoms with E-state index in [0.717, 1.165) is 43.7 Å². The highest BCUT2D eigenvalue weighted by molar-refractivity contribution is 5.76. The predicted molar refractivity (Wildman–Crippen MR) is 123 cm³/mol. The fourth-order valence-electron chi connectivity index (χ4n) is 4.26. The first kappa shape index (κ1) is 24.0. The van der Waals surface area contributed by atoms with E-state index in [0.29, 0.717) is 30.0 Å². The Morgan fingerprint density at radius 3 is 2.23 bits per heavy atom. The van der Waals surface area contributed by atoms with Crippen molar-refractivity contribution >= 4 is 23.3 Å². The topological polar surface area (TPSA) is 86.9 Å². The first-order valence-electron chi connectivity index (χ1n) is 11.2. The number of rotatable bonds is 9. The molecule has 1 aliphatic rings.